The van der Waals surface area contributed by atoms with E-state index < -0.39 is 5.78 Å². The monoisotopic (exact) mass is 401 g/mol. The van der Waals surface area contributed by atoms with Crippen LogP contribution in [-0.4, -0.2) is 65.3 Å². The van der Waals surface area contributed by atoms with E-state index in [0.717, 1.165) is 6.07 Å². The number of benzene rings is 2. The van der Waals surface area contributed by atoms with Crippen molar-refractivity contribution in [3.8, 4) is 11.5 Å². The average Bonchev–Trinajstić information content (AvgIpc) is 2.71. The van der Waals surface area contributed by atoms with Crippen LogP contribution in [0.2, 0.25) is 0 Å². The molecule has 0 radical (unpaired) electrons. The molecule has 7 heteroatoms. The molecule has 0 spiro atoms. The lowest BCUT2D eigenvalue weighted by Crippen LogP contribution is -2.37. The Morgan fingerprint density at radius 3 is 2.31 bits per heavy atom. The molecule has 2 aromatic carbocycles. The van der Waals surface area contributed by atoms with E-state index in [4.69, 9.17) is 4.74 Å². The Hall–Kier alpha value is -2.90. The fourth-order valence-corrected chi connectivity index (χ4v) is 3.27. The maximum atomic E-state index is 13.1. The maximum Gasteiger partial charge on any atom is 0.227 e. The molecule has 7 nitrogen and oxygen atoms in total. The molecular formula is C22H27NO6. The van der Waals surface area contributed by atoms with Crippen LogP contribution in [0.3, 0.4) is 0 Å². The summed E-state index contributed by atoms with van der Waals surface area (Å²) >= 11 is 0. The fraction of sp³-hybridized carbons (Fsp3) is 0.364. The van der Waals surface area contributed by atoms with Gasteiger partial charge in [0, 0.05) is 31.8 Å². The number of aliphatic hydroxyl groups excluding tert-OH is 1. The van der Waals surface area contributed by atoms with Crippen LogP contribution in [-0.2, 0) is 22.4 Å². The minimum absolute atomic E-state index is 0.00916. The van der Waals surface area contributed by atoms with Gasteiger partial charge in [0.25, 0.3) is 0 Å². The van der Waals surface area contributed by atoms with Crippen LogP contribution in [0, 0.1) is 0 Å². The Bertz CT molecular complexity index is 850. The standard InChI is InChI=1S/C22H27NO6/c1-3-16-17(13-20(27)23(9-11-24)10-12-29-2)21(19(26)14-18(16)25)22(28)15-7-5-4-6-8-15/h4-8,14,24-26H,3,9-13H2,1-2H3. The number of carbonyl (C=O) groups is 2. The first-order valence-corrected chi connectivity index (χ1v) is 9.48. The minimum atomic E-state index is -0.425. The molecule has 1 amide bonds. The molecule has 156 valence electrons. The fourth-order valence-electron chi connectivity index (χ4n) is 3.27. The van der Waals surface area contributed by atoms with Crippen LogP contribution < -0.4 is 0 Å². The van der Waals surface area contributed by atoms with Gasteiger partial charge in [0.05, 0.1) is 25.2 Å². The smallest absolute Gasteiger partial charge is 0.227 e. The highest BCUT2D eigenvalue weighted by atomic mass is 16.5. The molecule has 0 unspecified atom stereocenters. The number of methoxy groups -OCH3 is 1. The lowest BCUT2D eigenvalue weighted by atomic mass is 9.89. The molecule has 0 bridgehead atoms. The SMILES string of the molecule is CCc1c(O)cc(O)c(C(=O)c2ccccc2)c1CC(=O)N(CCO)CCOC. The second-order valence-electron chi connectivity index (χ2n) is 6.57. The zero-order chi connectivity index (χ0) is 21.4. The van der Waals surface area contributed by atoms with Gasteiger partial charge in [-0.3, -0.25) is 9.59 Å². The van der Waals surface area contributed by atoms with Crippen molar-refractivity contribution in [2.45, 2.75) is 19.8 Å². The molecular weight excluding hydrogens is 374 g/mol. The van der Waals surface area contributed by atoms with E-state index in [-0.39, 0.29) is 49.1 Å². The van der Waals surface area contributed by atoms with E-state index in [9.17, 15) is 24.9 Å². The van der Waals surface area contributed by atoms with E-state index in [1.165, 1.54) is 12.0 Å². The summed E-state index contributed by atoms with van der Waals surface area (Å²) in [7, 11) is 1.51. The predicted octanol–water partition coefficient (Wildman–Crippen LogP) is 1.90. The van der Waals surface area contributed by atoms with Gasteiger partial charge in [-0.25, -0.2) is 0 Å². The molecule has 0 saturated carbocycles. The molecule has 2 rings (SSSR count). The molecule has 0 atom stereocenters. The van der Waals surface area contributed by atoms with E-state index >= 15 is 0 Å². The summed E-state index contributed by atoms with van der Waals surface area (Å²) in [4.78, 5) is 27.4. The second-order valence-corrected chi connectivity index (χ2v) is 6.57. The molecule has 3 N–H and O–H groups in total. The number of hydrogen-bond donors (Lipinski definition) is 3. The Balaban J connectivity index is 2.51. The number of phenols is 2. The third kappa shape index (κ3) is 5.34. The highest BCUT2D eigenvalue weighted by Crippen LogP contribution is 2.35. The van der Waals surface area contributed by atoms with Crippen molar-refractivity contribution in [2.24, 2.45) is 0 Å². The summed E-state index contributed by atoms with van der Waals surface area (Å²) in [6, 6.07) is 9.59. The molecule has 0 heterocycles. The van der Waals surface area contributed by atoms with Crippen molar-refractivity contribution in [1.82, 2.24) is 4.90 Å². The van der Waals surface area contributed by atoms with Crippen LogP contribution in [0.25, 0.3) is 0 Å². The van der Waals surface area contributed by atoms with Crippen molar-refractivity contribution in [3.05, 3.63) is 58.7 Å². The highest BCUT2D eigenvalue weighted by molar-refractivity contribution is 6.12. The van der Waals surface area contributed by atoms with Gasteiger partial charge in [0.15, 0.2) is 5.78 Å². The second kappa shape index (κ2) is 10.6. The van der Waals surface area contributed by atoms with Crippen LogP contribution in [0.4, 0.5) is 0 Å². The van der Waals surface area contributed by atoms with Crippen LogP contribution in [0.15, 0.2) is 36.4 Å². The molecule has 0 aliphatic heterocycles. The molecule has 0 aromatic heterocycles. The Morgan fingerprint density at radius 2 is 1.72 bits per heavy atom. The zero-order valence-corrected chi connectivity index (χ0v) is 16.7. The predicted molar refractivity (Wildman–Crippen MR) is 108 cm³/mol. The van der Waals surface area contributed by atoms with Gasteiger partial charge >= 0.3 is 0 Å². The van der Waals surface area contributed by atoms with Crippen molar-refractivity contribution in [1.29, 1.82) is 0 Å². The number of nitrogens with zero attached hydrogens (tertiary/aromatic N) is 1. The number of ketones is 1. The summed E-state index contributed by atoms with van der Waals surface area (Å²) in [5.41, 5.74) is 1.11. The molecule has 0 aliphatic carbocycles. The minimum Gasteiger partial charge on any atom is -0.508 e. The van der Waals surface area contributed by atoms with E-state index in [1.54, 1.807) is 37.3 Å². The van der Waals surface area contributed by atoms with Gasteiger partial charge in [0.1, 0.15) is 11.5 Å². The van der Waals surface area contributed by atoms with Crippen LogP contribution in [0.5, 0.6) is 11.5 Å². The number of amides is 1. The number of aromatic hydroxyl groups is 2. The van der Waals surface area contributed by atoms with Gasteiger partial charge in [-0.05, 0) is 17.5 Å². The quantitative estimate of drug-likeness (QED) is 0.525. The molecule has 0 saturated heterocycles. The van der Waals surface area contributed by atoms with E-state index in [1.807, 2.05) is 0 Å². The number of aliphatic hydroxyl groups is 1. The number of hydrogen-bond acceptors (Lipinski definition) is 6. The number of ether oxygens (including phenoxy) is 1. The van der Waals surface area contributed by atoms with Gasteiger partial charge < -0.3 is 25.0 Å². The van der Waals surface area contributed by atoms with Crippen molar-refractivity contribution >= 4 is 11.7 Å². The highest BCUT2D eigenvalue weighted by Gasteiger charge is 2.26. The number of carbonyl (C=O) groups excluding carboxylic acids is 2. The zero-order valence-electron chi connectivity index (χ0n) is 16.7. The molecule has 2 aromatic rings. The number of rotatable bonds is 10. The van der Waals surface area contributed by atoms with E-state index in [2.05, 4.69) is 0 Å². The van der Waals surface area contributed by atoms with Crippen LogP contribution >= 0.6 is 0 Å². The van der Waals surface area contributed by atoms with Gasteiger partial charge in [-0.15, -0.1) is 0 Å². The summed E-state index contributed by atoms with van der Waals surface area (Å²) < 4.78 is 5.01. The van der Waals surface area contributed by atoms with E-state index in [0.29, 0.717) is 29.7 Å². The average molecular weight is 401 g/mol. The third-order valence-electron chi connectivity index (χ3n) is 4.74. The van der Waals surface area contributed by atoms with Crippen molar-refractivity contribution in [2.75, 3.05) is 33.4 Å². The Kier molecular flexibility index (Phi) is 8.18. The van der Waals surface area contributed by atoms with Gasteiger partial charge in [-0.1, -0.05) is 37.3 Å². The summed E-state index contributed by atoms with van der Waals surface area (Å²) in [5.74, 6) is -1.30. The molecule has 0 aliphatic rings. The largest absolute Gasteiger partial charge is 0.508 e. The lowest BCUT2D eigenvalue weighted by Gasteiger charge is -2.23. The Labute approximate surface area is 170 Å². The topological polar surface area (TPSA) is 107 Å². The normalized spacial score (nSPS) is 10.7. The molecule has 29 heavy (non-hydrogen) atoms. The van der Waals surface area contributed by atoms with Gasteiger partial charge in [0.2, 0.25) is 5.91 Å². The first kappa shape index (κ1) is 22.4. The maximum absolute atomic E-state index is 13.1. The van der Waals surface area contributed by atoms with Crippen LogP contribution in [0.1, 0.15) is 34.0 Å². The third-order valence-corrected chi connectivity index (χ3v) is 4.74. The summed E-state index contributed by atoms with van der Waals surface area (Å²) in [6.07, 6.45) is 0.185. The summed E-state index contributed by atoms with van der Waals surface area (Å²) in [5, 5.41) is 30.0. The number of phenolic OH excluding ortho intramolecular Hbond substituents is 2. The first-order chi connectivity index (χ1) is 13.9. The van der Waals surface area contributed by atoms with Crippen molar-refractivity contribution in [3.63, 3.8) is 0 Å². The summed E-state index contributed by atoms with van der Waals surface area (Å²) in [6.45, 7) is 2.29. The van der Waals surface area contributed by atoms with Gasteiger partial charge in [-0.2, -0.15) is 0 Å². The first-order valence-electron chi connectivity index (χ1n) is 9.48. The lowest BCUT2D eigenvalue weighted by molar-refractivity contribution is -0.131. The molecule has 0 fully saturated rings. The Morgan fingerprint density at radius 1 is 1.03 bits per heavy atom. The van der Waals surface area contributed by atoms with Crippen molar-refractivity contribution < 1.29 is 29.6 Å².